The molecule has 1 aromatic heterocycles. The Kier molecular flexibility index (Phi) is 4.51. The standard InChI is InChI=1S/C6H7F3N2.C2H6/c1-2-11-4-3-10-5(11)6(7,8)9;1-2/h3-4H,2H2,1H3;1-2H3. The average molecular weight is 194 g/mol. The van der Waals surface area contributed by atoms with E-state index in [1.165, 1.54) is 6.20 Å². The average Bonchev–Trinajstić information content (AvgIpc) is 2.54. The summed E-state index contributed by atoms with van der Waals surface area (Å²) < 4.78 is 37.0. The molecule has 0 aliphatic rings. The number of nitrogens with zero attached hydrogens (tertiary/aromatic N) is 2. The first-order valence-electron chi connectivity index (χ1n) is 4.14. The van der Waals surface area contributed by atoms with Crippen molar-refractivity contribution >= 4 is 0 Å². The van der Waals surface area contributed by atoms with Gasteiger partial charge in [0.15, 0.2) is 0 Å². The van der Waals surface area contributed by atoms with E-state index in [1.54, 1.807) is 6.92 Å². The summed E-state index contributed by atoms with van der Waals surface area (Å²) in [5.74, 6) is -0.833. The van der Waals surface area contributed by atoms with Crippen LogP contribution in [0, 0.1) is 0 Å². The lowest BCUT2D eigenvalue weighted by atomic mass is 10.5. The summed E-state index contributed by atoms with van der Waals surface area (Å²) in [5.41, 5.74) is 0. The van der Waals surface area contributed by atoms with Crippen molar-refractivity contribution in [1.82, 2.24) is 9.55 Å². The second kappa shape index (κ2) is 4.89. The minimum atomic E-state index is -4.33. The van der Waals surface area contributed by atoms with Crippen molar-refractivity contribution in [2.24, 2.45) is 0 Å². The zero-order valence-corrected chi connectivity index (χ0v) is 7.89. The smallest absolute Gasteiger partial charge is 0.328 e. The summed E-state index contributed by atoms with van der Waals surface area (Å²) in [6, 6.07) is 0. The molecule has 13 heavy (non-hydrogen) atoms. The van der Waals surface area contributed by atoms with Crippen molar-refractivity contribution in [2.75, 3.05) is 0 Å². The fraction of sp³-hybridized carbons (Fsp3) is 0.625. The van der Waals surface area contributed by atoms with Gasteiger partial charge in [0.1, 0.15) is 0 Å². The van der Waals surface area contributed by atoms with Crippen LogP contribution < -0.4 is 0 Å². The topological polar surface area (TPSA) is 17.8 Å². The molecule has 0 aromatic carbocycles. The first-order chi connectivity index (χ1) is 6.05. The molecule has 0 aliphatic carbocycles. The Bertz CT molecular complexity index is 240. The van der Waals surface area contributed by atoms with E-state index >= 15 is 0 Å². The van der Waals surface area contributed by atoms with Crippen molar-refractivity contribution in [1.29, 1.82) is 0 Å². The normalized spacial score (nSPS) is 10.6. The highest BCUT2D eigenvalue weighted by molar-refractivity contribution is 4.96. The summed E-state index contributed by atoms with van der Waals surface area (Å²) in [5, 5.41) is 0. The van der Waals surface area contributed by atoms with Gasteiger partial charge in [-0.15, -0.1) is 0 Å². The van der Waals surface area contributed by atoms with Gasteiger partial charge in [0.2, 0.25) is 5.82 Å². The van der Waals surface area contributed by atoms with Crippen molar-refractivity contribution in [3.63, 3.8) is 0 Å². The van der Waals surface area contributed by atoms with Gasteiger partial charge in [0, 0.05) is 18.9 Å². The Morgan fingerprint density at radius 3 is 2.23 bits per heavy atom. The lowest BCUT2D eigenvalue weighted by Crippen LogP contribution is -2.13. The maximum absolute atomic E-state index is 12.0. The van der Waals surface area contributed by atoms with Gasteiger partial charge in [-0.3, -0.25) is 0 Å². The SMILES string of the molecule is CC.CCn1ccnc1C(F)(F)F. The monoisotopic (exact) mass is 194 g/mol. The molecule has 2 nitrogen and oxygen atoms in total. The van der Waals surface area contributed by atoms with Crippen molar-refractivity contribution in [3.05, 3.63) is 18.2 Å². The Morgan fingerprint density at radius 2 is 1.92 bits per heavy atom. The highest BCUT2D eigenvalue weighted by Gasteiger charge is 2.35. The summed E-state index contributed by atoms with van der Waals surface area (Å²) in [6.45, 7) is 5.92. The van der Waals surface area contributed by atoms with Crippen LogP contribution >= 0.6 is 0 Å². The molecule has 0 aliphatic heterocycles. The predicted molar refractivity (Wildman–Crippen MR) is 44.3 cm³/mol. The highest BCUT2D eigenvalue weighted by atomic mass is 19.4. The first-order valence-corrected chi connectivity index (χ1v) is 4.14. The molecule has 0 unspecified atom stereocenters. The predicted octanol–water partition coefficient (Wildman–Crippen LogP) is 2.95. The molecule has 0 saturated heterocycles. The second-order valence-corrected chi connectivity index (χ2v) is 2.03. The largest absolute Gasteiger partial charge is 0.449 e. The minimum absolute atomic E-state index is 0.287. The molecular formula is C8H13F3N2. The van der Waals surface area contributed by atoms with Crippen LogP contribution in [0.3, 0.4) is 0 Å². The van der Waals surface area contributed by atoms with Gasteiger partial charge in [-0.25, -0.2) is 4.98 Å². The maximum Gasteiger partial charge on any atom is 0.449 e. The minimum Gasteiger partial charge on any atom is -0.328 e. The molecular weight excluding hydrogens is 181 g/mol. The van der Waals surface area contributed by atoms with Crippen LogP contribution in [-0.2, 0) is 12.7 Å². The third kappa shape index (κ3) is 3.08. The number of imidazole rings is 1. The van der Waals surface area contributed by atoms with Crippen LogP contribution in [0.15, 0.2) is 12.4 Å². The maximum atomic E-state index is 12.0. The zero-order valence-electron chi connectivity index (χ0n) is 7.89. The Morgan fingerprint density at radius 1 is 1.38 bits per heavy atom. The fourth-order valence-electron chi connectivity index (χ4n) is 0.820. The van der Waals surface area contributed by atoms with Gasteiger partial charge in [0.05, 0.1) is 0 Å². The van der Waals surface area contributed by atoms with E-state index < -0.39 is 12.0 Å². The van der Waals surface area contributed by atoms with Crippen molar-refractivity contribution < 1.29 is 13.2 Å². The van der Waals surface area contributed by atoms with E-state index in [1.807, 2.05) is 13.8 Å². The Hall–Kier alpha value is -1.00. The Balaban J connectivity index is 0.000000671. The van der Waals surface area contributed by atoms with Crippen LogP contribution in [0.2, 0.25) is 0 Å². The Labute approximate surface area is 75.4 Å². The number of aromatic nitrogens is 2. The van der Waals surface area contributed by atoms with Gasteiger partial charge in [0.25, 0.3) is 0 Å². The quantitative estimate of drug-likeness (QED) is 0.672. The van der Waals surface area contributed by atoms with E-state index in [2.05, 4.69) is 4.98 Å². The number of aryl methyl sites for hydroxylation is 1. The van der Waals surface area contributed by atoms with E-state index in [0.717, 1.165) is 10.8 Å². The van der Waals surface area contributed by atoms with E-state index in [9.17, 15) is 13.2 Å². The number of rotatable bonds is 1. The van der Waals surface area contributed by atoms with Gasteiger partial charge in [-0.1, -0.05) is 13.8 Å². The van der Waals surface area contributed by atoms with Crippen LogP contribution in [0.25, 0.3) is 0 Å². The molecule has 0 atom stereocenters. The summed E-state index contributed by atoms with van der Waals surface area (Å²) in [7, 11) is 0. The van der Waals surface area contributed by atoms with Gasteiger partial charge in [-0.2, -0.15) is 13.2 Å². The van der Waals surface area contributed by atoms with Crippen LogP contribution in [0.4, 0.5) is 13.2 Å². The molecule has 0 saturated carbocycles. The molecule has 0 N–H and O–H groups in total. The second-order valence-electron chi connectivity index (χ2n) is 2.03. The zero-order chi connectivity index (χ0) is 10.5. The molecule has 0 bridgehead atoms. The number of hydrogen-bond donors (Lipinski definition) is 0. The lowest BCUT2D eigenvalue weighted by molar-refractivity contribution is -0.147. The first kappa shape index (κ1) is 12.0. The van der Waals surface area contributed by atoms with Crippen LogP contribution in [0.5, 0.6) is 0 Å². The third-order valence-electron chi connectivity index (χ3n) is 1.31. The van der Waals surface area contributed by atoms with E-state index in [0.29, 0.717) is 0 Å². The van der Waals surface area contributed by atoms with E-state index in [-0.39, 0.29) is 6.54 Å². The molecule has 1 aromatic rings. The molecule has 0 amide bonds. The fourth-order valence-corrected chi connectivity index (χ4v) is 0.820. The molecule has 0 spiro atoms. The number of halogens is 3. The van der Waals surface area contributed by atoms with Crippen molar-refractivity contribution in [2.45, 2.75) is 33.5 Å². The number of hydrogen-bond acceptors (Lipinski definition) is 1. The summed E-state index contributed by atoms with van der Waals surface area (Å²) in [6.07, 6.45) is -1.88. The third-order valence-corrected chi connectivity index (χ3v) is 1.31. The van der Waals surface area contributed by atoms with Crippen LogP contribution in [-0.4, -0.2) is 9.55 Å². The molecule has 1 rings (SSSR count). The molecule has 76 valence electrons. The van der Waals surface area contributed by atoms with Gasteiger partial charge in [-0.05, 0) is 6.92 Å². The molecule has 1 heterocycles. The summed E-state index contributed by atoms with van der Waals surface area (Å²) in [4.78, 5) is 3.20. The summed E-state index contributed by atoms with van der Waals surface area (Å²) >= 11 is 0. The molecule has 5 heteroatoms. The van der Waals surface area contributed by atoms with Crippen molar-refractivity contribution in [3.8, 4) is 0 Å². The highest BCUT2D eigenvalue weighted by Crippen LogP contribution is 2.27. The van der Waals surface area contributed by atoms with Crippen LogP contribution in [0.1, 0.15) is 26.6 Å². The molecule has 0 radical (unpaired) electrons. The van der Waals surface area contributed by atoms with Gasteiger partial charge < -0.3 is 4.57 Å². The molecule has 0 fully saturated rings. The van der Waals surface area contributed by atoms with Gasteiger partial charge >= 0.3 is 6.18 Å². The number of alkyl halides is 3. The van der Waals surface area contributed by atoms with E-state index in [4.69, 9.17) is 0 Å². The lowest BCUT2D eigenvalue weighted by Gasteiger charge is -2.06.